The Hall–Kier alpha value is -8.41. The molecule has 5 heteroatoms. The van der Waals surface area contributed by atoms with Crippen LogP contribution in [0.5, 0.6) is 0 Å². The average molecular weight is 792 g/mol. The molecule has 62 heavy (non-hydrogen) atoms. The van der Waals surface area contributed by atoms with Gasteiger partial charge in [0.1, 0.15) is 0 Å². The summed E-state index contributed by atoms with van der Waals surface area (Å²) in [5, 5.41) is 4.79. The van der Waals surface area contributed by atoms with Gasteiger partial charge in [-0.15, -0.1) is 0 Å². The van der Waals surface area contributed by atoms with E-state index in [1.54, 1.807) is 0 Å². The van der Waals surface area contributed by atoms with Crippen molar-refractivity contribution in [3.8, 4) is 67.8 Å². The van der Waals surface area contributed by atoms with Crippen LogP contribution in [0, 0.1) is 0 Å². The minimum atomic E-state index is 0.605. The summed E-state index contributed by atoms with van der Waals surface area (Å²) in [6.45, 7) is 0. The molecule has 12 aromatic rings. The van der Waals surface area contributed by atoms with Crippen molar-refractivity contribution in [1.29, 1.82) is 0 Å². The highest BCUT2D eigenvalue weighted by molar-refractivity contribution is 6.15. The largest absolute Gasteiger partial charge is 0.309 e. The monoisotopic (exact) mass is 791 g/mol. The maximum Gasteiger partial charge on any atom is 0.166 e. The molecule has 0 bridgehead atoms. The molecule has 0 saturated carbocycles. The molecule has 0 radical (unpaired) electrons. The van der Waals surface area contributed by atoms with Gasteiger partial charge in [-0.2, -0.15) is 0 Å². The molecule has 5 nitrogen and oxygen atoms in total. The van der Waals surface area contributed by atoms with E-state index >= 15 is 0 Å². The van der Waals surface area contributed by atoms with E-state index in [0.29, 0.717) is 17.5 Å². The molecule has 0 saturated heterocycles. The Balaban J connectivity index is 1.08. The van der Waals surface area contributed by atoms with E-state index in [1.165, 1.54) is 43.8 Å². The zero-order valence-corrected chi connectivity index (χ0v) is 33.6. The molecule has 3 heterocycles. The van der Waals surface area contributed by atoms with Crippen molar-refractivity contribution < 1.29 is 0 Å². The number of benzene rings is 9. The zero-order chi connectivity index (χ0) is 41.0. The molecule has 0 aliphatic rings. The predicted molar refractivity (Wildman–Crippen MR) is 256 cm³/mol. The van der Waals surface area contributed by atoms with E-state index in [9.17, 15) is 0 Å². The Labute approximate surface area is 358 Å². The number of rotatable bonds is 7. The summed E-state index contributed by atoms with van der Waals surface area (Å²) in [5.74, 6) is 1.85. The van der Waals surface area contributed by atoms with Crippen LogP contribution in [0.15, 0.2) is 224 Å². The number of para-hydroxylation sites is 4. The fourth-order valence-corrected chi connectivity index (χ4v) is 9.14. The van der Waals surface area contributed by atoms with Gasteiger partial charge in [-0.3, -0.25) is 0 Å². The molecule has 290 valence electrons. The van der Waals surface area contributed by atoms with E-state index in [1.807, 2.05) is 24.3 Å². The summed E-state index contributed by atoms with van der Waals surface area (Å²) in [7, 11) is 0. The van der Waals surface area contributed by atoms with Crippen LogP contribution in [-0.4, -0.2) is 24.1 Å². The highest BCUT2D eigenvalue weighted by atomic mass is 15.1. The van der Waals surface area contributed by atoms with Gasteiger partial charge >= 0.3 is 0 Å². The molecule has 0 unspecified atom stereocenters. The van der Waals surface area contributed by atoms with E-state index < -0.39 is 0 Å². The van der Waals surface area contributed by atoms with E-state index in [-0.39, 0.29) is 0 Å². The topological polar surface area (TPSA) is 48.5 Å². The average Bonchev–Trinajstić information content (AvgIpc) is 3.87. The Kier molecular flexibility index (Phi) is 8.42. The van der Waals surface area contributed by atoms with Crippen molar-refractivity contribution in [2.75, 3.05) is 0 Å². The summed E-state index contributed by atoms with van der Waals surface area (Å²) >= 11 is 0. The summed E-state index contributed by atoms with van der Waals surface area (Å²) in [6.07, 6.45) is 0. The minimum absolute atomic E-state index is 0.605. The van der Waals surface area contributed by atoms with Crippen LogP contribution in [0.4, 0.5) is 0 Å². The van der Waals surface area contributed by atoms with Gasteiger partial charge in [0.25, 0.3) is 0 Å². The third-order valence-corrected chi connectivity index (χ3v) is 12.0. The number of hydrogen-bond donors (Lipinski definition) is 0. The third kappa shape index (κ3) is 5.90. The van der Waals surface area contributed by atoms with Gasteiger partial charge in [0.05, 0.1) is 27.8 Å². The van der Waals surface area contributed by atoms with Crippen LogP contribution >= 0.6 is 0 Å². The first-order chi connectivity index (χ1) is 30.8. The lowest BCUT2D eigenvalue weighted by Gasteiger charge is -2.16. The smallest absolute Gasteiger partial charge is 0.166 e. The molecule has 12 rings (SSSR count). The quantitative estimate of drug-likeness (QED) is 0.162. The van der Waals surface area contributed by atoms with Crippen molar-refractivity contribution in [1.82, 2.24) is 24.1 Å². The first kappa shape index (κ1) is 35.5. The van der Waals surface area contributed by atoms with Gasteiger partial charge < -0.3 is 9.13 Å². The second kappa shape index (κ2) is 14.7. The zero-order valence-electron chi connectivity index (χ0n) is 33.6. The van der Waals surface area contributed by atoms with Crippen LogP contribution in [0.2, 0.25) is 0 Å². The molecule has 0 spiro atoms. The normalized spacial score (nSPS) is 11.5. The molecule has 0 N–H and O–H groups in total. The summed E-state index contributed by atoms with van der Waals surface area (Å²) in [6, 6.07) is 79.3. The molecular formula is C57H37N5. The second-order valence-corrected chi connectivity index (χ2v) is 15.6. The van der Waals surface area contributed by atoms with Crippen molar-refractivity contribution in [3.63, 3.8) is 0 Å². The van der Waals surface area contributed by atoms with Crippen molar-refractivity contribution >= 4 is 43.6 Å². The highest BCUT2D eigenvalue weighted by Gasteiger charge is 2.21. The van der Waals surface area contributed by atoms with Gasteiger partial charge in [-0.25, -0.2) is 15.0 Å². The highest BCUT2D eigenvalue weighted by Crippen LogP contribution is 2.41. The van der Waals surface area contributed by atoms with Crippen molar-refractivity contribution in [2.24, 2.45) is 0 Å². The maximum atomic E-state index is 5.26. The molecule has 0 aliphatic carbocycles. The third-order valence-electron chi connectivity index (χ3n) is 12.0. The summed E-state index contributed by atoms with van der Waals surface area (Å²) in [4.78, 5) is 15.6. The fourth-order valence-electron chi connectivity index (χ4n) is 9.14. The van der Waals surface area contributed by atoms with Crippen LogP contribution < -0.4 is 0 Å². The SMILES string of the molecule is c1ccc(-c2ccc(-c3nc(-c4ccccc4)nc(-c4ccccc4-n4c5ccccc5c5ccc(-n6c7ccccc7c7cccc(-c8ccccc8)c76)cc54)n3)cc2)cc1. The van der Waals surface area contributed by atoms with Gasteiger partial charge in [-0.05, 0) is 53.1 Å². The molecule has 3 aromatic heterocycles. The molecular weight excluding hydrogens is 755 g/mol. The lowest BCUT2D eigenvalue weighted by atomic mass is 10.0. The number of nitrogens with zero attached hydrogens (tertiary/aromatic N) is 5. The van der Waals surface area contributed by atoms with E-state index in [4.69, 9.17) is 15.0 Å². The number of fused-ring (bicyclic) bond motifs is 6. The van der Waals surface area contributed by atoms with Gasteiger partial charge in [-0.1, -0.05) is 188 Å². The van der Waals surface area contributed by atoms with E-state index in [0.717, 1.165) is 50.2 Å². The molecule has 0 amide bonds. The van der Waals surface area contributed by atoms with Gasteiger partial charge in [0.2, 0.25) is 0 Å². The fraction of sp³-hybridized carbons (Fsp3) is 0. The Morgan fingerprint density at radius 3 is 1.45 bits per heavy atom. The van der Waals surface area contributed by atoms with Crippen LogP contribution in [0.3, 0.4) is 0 Å². The maximum absolute atomic E-state index is 5.26. The Morgan fingerprint density at radius 2 is 0.742 bits per heavy atom. The molecule has 0 atom stereocenters. The van der Waals surface area contributed by atoms with Gasteiger partial charge in [0.15, 0.2) is 17.5 Å². The number of aromatic nitrogens is 5. The Morgan fingerprint density at radius 1 is 0.274 bits per heavy atom. The molecule has 9 aromatic carbocycles. The molecule has 0 aliphatic heterocycles. The lowest BCUT2D eigenvalue weighted by Crippen LogP contribution is -2.04. The van der Waals surface area contributed by atoms with Crippen LogP contribution in [0.25, 0.3) is 111 Å². The number of hydrogen-bond acceptors (Lipinski definition) is 3. The van der Waals surface area contributed by atoms with E-state index in [2.05, 4.69) is 209 Å². The van der Waals surface area contributed by atoms with Crippen molar-refractivity contribution in [2.45, 2.75) is 0 Å². The van der Waals surface area contributed by atoms with Gasteiger partial charge in [0, 0.05) is 49.5 Å². The summed E-state index contributed by atoms with van der Waals surface area (Å²) in [5.41, 5.74) is 14.1. The van der Waals surface area contributed by atoms with Crippen LogP contribution in [0.1, 0.15) is 0 Å². The van der Waals surface area contributed by atoms with Crippen LogP contribution in [-0.2, 0) is 0 Å². The predicted octanol–water partition coefficient (Wildman–Crippen LogP) is 14.4. The molecule has 0 fully saturated rings. The minimum Gasteiger partial charge on any atom is -0.309 e. The summed E-state index contributed by atoms with van der Waals surface area (Å²) < 4.78 is 4.82. The standard InChI is InChI=1S/C57H37N5/c1-4-17-38(18-5-1)39-31-33-42(34-32-39)56-58-55(41-21-8-3-9-22-41)59-57(60-56)49-25-12-15-30-52(49)62-51-29-14-10-23-45(51)47-36-35-43(37-53(47)62)61-50-28-13-11-24-46(50)48-27-16-26-44(54(48)61)40-19-6-2-7-20-40/h1-37H. The lowest BCUT2D eigenvalue weighted by molar-refractivity contribution is 1.06. The first-order valence-electron chi connectivity index (χ1n) is 21.0. The Bertz CT molecular complexity index is 3610. The first-order valence-corrected chi connectivity index (χ1v) is 21.0. The van der Waals surface area contributed by atoms with Crippen molar-refractivity contribution in [3.05, 3.63) is 224 Å². The second-order valence-electron chi connectivity index (χ2n) is 15.6.